The molecule has 9 heteroatoms. The summed E-state index contributed by atoms with van der Waals surface area (Å²) in [6, 6.07) is 12.0. The average Bonchev–Trinajstić information content (AvgIpc) is 2.53. The number of primary sulfonamides is 1. The molecule has 2 aromatic rings. The van der Waals surface area contributed by atoms with E-state index in [1.54, 1.807) is 24.3 Å². The molecule has 0 radical (unpaired) electrons. The van der Waals surface area contributed by atoms with Crippen molar-refractivity contribution < 1.29 is 27.9 Å². The summed E-state index contributed by atoms with van der Waals surface area (Å²) in [6.45, 7) is 0.00431. The predicted octanol–water partition coefficient (Wildman–Crippen LogP) is 1.78. The molecule has 126 valence electrons. The highest BCUT2D eigenvalue weighted by atomic mass is 32.2. The van der Waals surface area contributed by atoms with Crippen molar-refractivity contribution in [1.82, 2.24) is 0 Å². The van der Waals surface area contributed by atoms with Gasteiger partial charge in [-0.05, 0) is 23.8 Å². The third-order valence-electron chi connectivity index (χ3n) is 3.00. The number of rotatable bonds is 5. The minimum atomic E-state index is -4.06. The Kier molecular flexibility index (Phi) is 5.17. The van der Waals surface area contributed by atoms with Crippen molar-refractivity contribution in [2.24, 2.45) is 5.14 Å². The van der Waals surface area contributed by atoms with Gasteiger partial charge in [0.05, 0.1) is 16.1 Å². The van der Waals surface area contributed by atoms with E-state index in [4.69, 9.17) is 15.0 Å². The van der Waals surface area contributed by atoms with Gasteiger partial charge in [-0.1, -0.05) is 30.3 Å². The van der Waals surface area contributed by atoms with Gasteiger partial charge in [0.2, 0.25) is 10.0 Å². The molecular formula is C15H14N2O6S. The summed E-state index contributed by atoms with van der Waals surface area (Å²) >= 11 is 0. The average molecular weight is 350 g/mol. The zero-order valence-corrected chi connectivity index (χ0v) is 13.1. The number of sulfonamides is 1. The molecule has 0 spiro atoms. The molecule has 2 rings (SSSR count). The van der Waals surface area contributed by atoms with Crippen LogP contribution in [-0.2, 0) is 21.4 Å². The summed E-state index contributed by atoms with van der Waals surface area (Å²) in [7, 11) is -4.06. The quantitative estimate of drug-likeness (QED) is 0.752. The van der Waals surface area contributed by atoms with Gasteiger partial charge in [0, 0.05) is 0 Å². The van der Waals surface area contributed by atoms with Crippen LogP contribution in [-0.4, -0.2) is 25.6 Å². The predicted molar refractivity (Wildman–Crippen MR) is 85.0 cm³/mol. The molecular weight excluding hydrogens is 336 g/mol. The Morgan fingerprint density at radius 1 is 1.12 bits per heavy atom. The first kappa shape index (κ1) is 17.4. The number of nitrogens with two attached hydrogens (primary N) is 1. The van der Waals surface area contributed by atoms with Crippen molar-refractivity contribution in [3.8, 4) is 0 Å². The van der Waals surface area contributed by atoms with Crippen LogP contribution in [0.25, 0.3) is 0 Å². The summed E-state index contributed by atoms with van der Waals surface area (Å²) < 4.78 is 27.5. The first-order valence-electron chi connectivity index (χ1n) is 6.65. The Hall–Kier alpha value is -2.91. The number of ether oxygens (including phenoxy) is 1. The fraction of sp³-hybridized carbons (Fsp3) is 0.0667. The van der Waals surface area contributed by atoms with Crippen molar-refractivity contribution in [2.75, 3.05) is 5.32 Å². The lowest BCUT2D eigenvalue weighted by molar-refractivity contribution is 0.0697. The smallest absolute Gasteiger partial charge is 0.411 e. The largest absolute Gasteiger partial charge is 0.478 e. The molecule has 0 aliphatic carbocycles. The fourth-order valence-corrected chi connectivity index (χ4v) is 2.40. The van der Waals surface area contributed by atoms with Crippen LogP contribution >= 0.6 is 0 Å². The van der Waals surface area contributed by atoms with Gasteiger partial charge in [0.1, 0.15) is 6.61 Å². The van der Waals surface area contributed by atoms with E-state index in [1.165, 1.54) is 0 Å². The third kappa shape index (κ3) is 4.54. The maximum Gasteiger partial charge on any atom is 0.411 e. The molecule has 0 atom stereocenters. The molecule has 0 saturated heterocycles. The molecule has 24 heavy (non-hydrogen) atoms. The van der Waals surface area contributed by atoms with Crippen LogP contribution in [0, 0.1) is 0 Å². The summed E-state index contributed by atoms with van der Waals surface area (Å²) in [5.41, 5.74) is 0.238. The van der Waals surface area contributed by atoms with Gasteiger partial charge >= 0.3 is 12.1 Å². The Balaban J connectivity index is 2.13. The molecule has 4 N–H and O–H groups in total. The van der Waals surface area contributed by atoms with Crippen LogP contribution in [0.3, 0.4) is 0 Å². The maximum atomic E-state index is 11.8. The van der Waals surface area contributed by atoms with E-state index in [0.29, 0.717) is 0 Å². The number of carbonyl (C=O) groups excluding carboxylic acids is 1. The molecule has 0 heterocycles. The van der Waals surface area contributed by atoms with Crippen molar-refractivity contribution in [1.29, 1.82) is 0 Å². The second-order valence-electron chi connectivity index (χ2n) is 4.74. The number of carboxylic acid groups (broad SMARTS) is 1. The van der Waals surface area contributed by atoms with Gasteiger partial charge in [-0.15, -0.1) is 0 Å². The second-order valence-corrected chi connectivity index (χ2v) is 6.31. The molecule has 0 aromatic heterocycles. The van der Waals surface area contributed by atoms with Crippen LogP contribution in [0.4, 0.5) is 10.5 Å². The number of hydrogen-bond donors (Lipinski definition) is 3. The number of benzene rings is 2. The van der Waals surface area contributed by atoms with Crippen molar-refractivity contribution in [2.45, 2.75) is 11.5 Å². The summed E-state index contributed by atoms with van der Waals surface area (Å²) in [4.78, 5) is 22.6. The van der Waals surface area contributed by atoms with Gasteiger partial charge in [0.15, 0.2) is 0 Å². The summed E-state index contributed by atoms with van der Waals surface area (Å²) in [5.74, 6) is -1.42. The van der Waals surface area contributed by atoms with Crippen LogP contribution in [0.15, 0.2) is 53.4 Å². The van der Waals surface area contributed by atoms with Crippen LogP contribution in [0.2, 0.25) is 0 Å². The normalized spacial score (nSPS) is 10.9. The highest BCUT2D eigenvalue weighted by Gasteiger charge is 2.17. The standard InChI is InChI=1S/C15H14N2O6S/c16-24(21,22)11-6-7-13(12(8-11)14(18)19)17-15(20)23-9-10-4-2-1-3-5-10/h1-8H,9H2,(H,17,20)(H,18,19)(H2,16,21,22). The van der Waals surface area contributed by atoms with E-state index in [1.807, 2.05) is 6.07 Å². The molecule has 0 bridgehead atoms. The maximum absolute atomic E-state index is 11.8. The number of nitrogens with one attached hydrogen (secondary N) is 1. The van der Waals surface area contributed by atoms with Gasteiger partial charge in [-0.3, -0.25) is 5.32 Å². The molecule has 0 saturated carbocycles. The van der Waals surface area contributed by atoms with Gasteiger partial charge < -0.3 is 9.84 Å². The zero-order valence-electron chi connectivity index (χ0n) is 12.3. The Morgan fingerprint density at radius 3 is 2.38 bits per heavy atom. The molecule has 0 aliphatic heterocycles. The SMILES string of the molecule is NS(=O)(=O)c1ccc(NC(=O)OCc2ccccc2)c(C(=O)O)c1. The van der Waals surface area contributed by atoms with Crippen molar-refractivity contribution in [3.05, 3.63) is 59.7 Å². The second kappa shape index (κ2) is 7.11. The molecule has 0 unspecified atom stereocenters. The Morgan fingerprint density at radius 2 is 1.79 bits per heavy atom. The van der Waals surface area contributed by atoms with E-state index in [0.717, 1.165) is 23.8 Å². The molecule has 8 nitrogen and oxygen atoms in total. The minimum Gasteiger partial charge on any atom is -0.478 e. The van der Waals surface area contributed by atoms with Crippen LogP contribution in [0.5, 0.6) is 0 Å². The monoisotopic (exact) mass is 350 g/mol. The number of hydrogen-bond acceptors (Lipinski definition) is 5. The lowest BCUT2D eigenvalue weighted by Crippen LogP contribution is -2.18. The van der Waals surface area contributed by atoms with E-state index in [-0.39, 0.29) is 17.2 Å². The molecule has 2 aromatic carbocycles. The minimum absolute atomic E-state index is 0.00431. The topological polar surface area (TPSA) is 136 Å². The zero-order chi connectivity index (χ0) is 17.7. The van der Waals surface area contributed by atoms with E-state index < -0.39 is 27.6 Å². The van der Waals surface area contributed by atoms with E-state index in [2.05, 4.69) is 5.32 Å². The highest BCUT2D eigenvalue weighted by Crippen LogP contribution is 2.20. The first-order chi connectivity index (χ1) is 11.3. The molecule has 0 aliphatic rings. The highest BCUT2D eigenvalue weighted by molar-refractivity contribution is 7.89. The van der Waals surface area contributed by atoms with Crippen LogP contribution < -0.4 is 10.5 Å². The number of amides is 1. The Labute approximate surface area is 137 Å². The number of carbonyl (C=O) groups is 2. The number of carboxylic acids is 1. The number of aromatic carboxylic acids is 1. The Bertz CT molecular complexity index is 865. The lowest BCUT2D eigenvalue weighted by atomic mass is 10.2. The first-order valence-corrected chi connectivity index (χ1v) is 8.20. The van der Waals surface area contributed by atoms with Gasteiger partial charge in [-0.2, -0.15) is 0 Å². The molecule has 1 amide bonds. The fourth-order valence-electron chi connectivity index (χ4n) is 1.86. The summed E-state index contributed by atoms with van der Waals surface area (Å²) in [5, 5.41) is 16.4. The molecule has 0 fully saturated rings. The van der Waals surface area contributed by atoms with E-state index >= 15 is 0 Å². The van der Waals surface area contributed by atoms with Crippen LogP contribution in [0.1, 0.15) is 15.9 Å². The number of anilines is 1. The van der Waals surface area contributed by atoms with Gasteiger partial charge in [-0.25, -0.2) is 23.1 Å². The van der Waals surface area contributed by atoms with Crippen molar-refractivity contribution >= 4 is 27.8 Å². The van der Waals surface area contributed by atoms with Gasteiger partial charge in [0.25, 0.3) is 0 Å². The third-order valence-corrected chi connectivity index (χ3v) is 3.91. The summed E-state index contributed by atoms with van der Waals surface area (Å²) in [6.07, 6.45) is -0.871. The lowest BCUT2D eigenvalue weighted by Gasteiger charge is -2.10. The van der Waals surface area contributed by atoms with Crippen molar-refractivity contribution in [3.63, 3.8) is 0 Å². The van der Waals surface area contributed by atoms with E-state index in [9.17, 15) is 18.0 Å².